The van der Waals surface area contributed by atoms with Crippen LogP contribution in [0.4, 0.5) is 0 Å². The molecular formula is C56H38N6. The summed E-state index contributed by atoms with van der Waals surface area (Å²) in [6.45, 7) is 0. The average Bonchev–Trinajstić information content (AvgIpc) is 3.86. The van der Waals surface area contributed by atoms with Gasteiger partial charge in [-0.3, -0.25) is 4.57 Å². The molecule has 62 heavy (non-hydrogen) atoms. The van der Waals surface area contributed by atoms with Gasteiger partial charge in [0.1, 0.15) is 0 Å². The van der Waals surface area contributed by atoms with E-state index in [1.54, 1.807) is 0 Å². The van der Waals surface area contributed by atoms with Gasteiger partial charge in [0, 0.05) is 49.7 Å². The Hall–Kier alpha value is -8.22. The maximum atomic E-state index is 5.32. The molecule has 0 fully saturated rings. The Bertz CT molecular complexity index is 3510. The van der Waals surface area contributed by atoms with Crippen molar-refractivity contribution < 1.29 is 0 Å². The summed E-state index contributed by atoms with van der Waals surface area (Å²) < 4.78 is 4.71. The SMILES string of the molecule is C1=Cc2c(n(-c3ccccc3-c3cccc(-c4ccccc4)n3)c3cc4c5ccccc5n(-c5nc(-c6ccccc6)nc(-c6cccc(-c7ccccc7)c6)n5)c4cc23)CC1. The standard InChI is InChI=1S/C56H38N6/c1-4-18-37(19-5-1)40-24-16-25-41(34-40)55-58-54(39-22-8-3-9-23-39)59-56(60-55)62-50-32-14-11-27-43(50)46-35-52-45(36-53(46)62)42-26-10-13-31-49(42)61(52)51-33-15-12-28-44(51)48-30-17-29-47(57-48)38-20-6-2-7-21-38/h1-12,14-30,32-36H,13,31H2. The topological polar surface area (TPSA) is 61.4 Å². The van der Waals surface area contributed by atoms with Crippen LogP contribution < -0.4 is 0 Å². The fourth-order valence-electron chi connectivity index (χ4n) is 9.19. The molecule has 6 heteroatoms. The maximum Gasteiger partial charge on any atom is 0.238 e. The number of hydrogen-bond acceptors (Lipinski definition) is 4. The predicted octanol–water partition coefficient (Wildman–Crippen LogP) is 13.6. The third kappa shape index (κ3) is 6.03. The van der Waals surface area contributed by atoms with E-state index in [9.17, 15) is 0 Å². The van der Waals surface area contributed by atoms with Crippen LogP contribution in [-0.4, -0.2) is 29.1 Å². The third-order valence-electron chi connectivity index (χ3n) is 12.1. The molecule has 4 heterocycles. The zero-order chi connectivity index (χ0) is 41.0. The largest absolute Gasteiger partial charge is 0.312 e. The molecule has 0 unspecified atom stereocenters. The van der Waals surface area contributed by atoms with Crippen LogP contribution in [0, 0.1) is 0 Å². The van der Waals surface area contributed by atoms with E-state index in [-0.39, 0.29) is 0 Å². The molecule has 7 aromatic carbocycles. The first-order chi connectivity index (χ1) is 30.7. The molecule has 0 amide bonds. The molecule has 292 valence electrons. The molecule has 4 aromatic heterocycles. The van der Waals surface area contributed by atoms with Gasteiger partial charge in [0.25, 0.3) is 0 Å². The summed E-state index contributed by atoms with van der Waals surface area (Å²) in [4.78, 5) is 20.9. The molecule has 0 spiro atoms. The lowest BCUT2D eigenvalue weighted by Crippen LogP contribution is -2.06. The number of fused-ring (bicyclic) bond motifs is 6. The van der Waals surface area contributed by atoms with E-state index < -0.39 is 0 Å². The molecule has 1 aliphatic carbocycles. The molecule has 0 radical (unpaired) electrons. The van der Waals surface area contributed by atoms with Crippen LogP contribution in [0.5, 0.6) is 0 Å². The summed E-state index contributed by atoms with van der Waals surface area (Å²) in [5.41, 5.74) is 15.1. The van der Waals surface area contributed by atoms with Crippen molar-refractivity contribution in [3.05, 3.63) is 211 Å². The Labute approximate surface area is 358 Å². The van der Waals surface area contributed by atoms with Gasteiger partial charge in [0.05, 0.1) is 33.6 Å². The normalized spacial score (nSPS) is 12.3. The minimum atomic E-state index is 0.572. The van der Waals surface area contributed by atoms with Gasteiger partial charge in [-0.15, -0.1) is 0 Å². The van der Waals surface area contributed by atoms with Crippen LogP contribution in [0.3, 0.4) is 0 Å². The average molecular weight is 795 g/mol. The van der Waals surface area contributed by atoms with Crippen LogP contribution in [0.2, 0.25) is 0 Å². The molecule has 0 saturated carbocycles. The predicted molar refractivity (Wildman–Crippen MR) is 253 cm³/mol. The Morgan fingerprint density at radius 2 is 1.00 bits per heavy atom. The molecule has 0 atom stereocenters. The highest BCUT2D eigenvalue weighted by atomic mass is 15.2. The summed E-state index contributed by atoms with van der Waals surface area (Å²) in [5.74, 6) is 1.81. The van der Waals surface area contributed by atoms with Crippen molar-refractivity contribution in [1.82, 2.24) is 29.1 Å². The van der Waals surface area contributed by atoms with E-state index in [0.717, 1.165) is 90.6 Å². The van der Waals surface area contributed by atoms with Gasteiger partial charge in [0.15, 0.2) is 11.6 Å². The second-order valence-electron chi connectivity index (χ2n) is 15.8. The number of allylic oxidation sites excluding steroid dienone is 1. The highest BCUT2D eigenvalue weighted by Crippen LogP contribution is 2.42. The zero-order valence-electron chi connectivity index (χ0n) is 33.7. The first kappa shape index (κ1) is 35.7. The Balaban J connectivity index is 1.09. The van der Waals surface area contributed by atoms with E-state index in [0.29, 0.717) is 17.6 Å². The lowest BCUT2D eigenvalue weighted by molar-refractivity contribution is 0.889. The van der Waals surface area contributed by atoms with Gasteiger partial charge in [-0.1, -0.05) is 164 Å². The van der Waals surface area contributed by atoms with Gasteiger partial charge >= 0.3 is 0 Å². The van der Waals surface area contributed by atoms with Crippen LogP contribution in [0.1, 0.15) is 17.7 Å². The second kappa shape index (κ2) is 14.8. The van der Waals surface area contributed by atoms with Crippen molar-refractivity contribution in [2.45, 2.75) is 12.8 Å². The Morgan fingerprint density at radius 1 is 0.387 bits per heavy atom. The fourth-order valence-corrected chi connectivity index (χ4v) is 9.19. The molecule has 6 nitrogen and oxygen atoms in total. The van der Waals surface area contributed by atoms with E-state index in [1.165, 1.54) is 16.6 Å². The van der Waals surface area contributed by atoms with Crippen LogP contribution >= 0.6 is 0 Å². The number of hydrogen-bond donors (Lipinski definition) is 0. The summed E-state index contributed by atoms with van der Waals surface area (Å²) in [5, 5.41) is 3.44. The number of nitrogens with zero attached hydrogens (tertiary/aromatic N) is 6. The number of para-hydroxylation sites is 2. The monoisotopic (exact) mass is 794 g/mol. The molecule has 12 rings (SSSR count). The molecule has 0 aliphatic heterocycles. The van der Waals surface area contributed by atoms with Gasteiger partial charge in [-0.2, -0.15) is 9.97 Å². The van der Waals surface area contributed by atoms with Crippen molar-refractivity contribution in [2.24, 2.45) is 0 Å². The maximum absolute atomic E-state index is 5.32. The van der Waals surface area contributed by atoms with E-state index >= 15 is 0 Å². The molecule has 0 saturated heterocycles. The minimum absolute atomic E-state index is 0.572. The molecule has 0 bridgehead atoms. The number of aromatic nitrogens is 6. The van der Waals surface area contributed by atoms with Gasteiger partial charge < -0.3 is 4.57 Å². The van der Waals surface area contributed by atoms with Gasteiger partial charge in [-0.25, -0.2) is 9.97 Å². The summed E-state index contributed by atoms with van der Waals surface area (Å²) >= 11 is 0. The van der Waals surface area contributed by atoms with E-state index in [4.69, 9.17) is 19.9 Å². The zero-order valence-corrected chi connectivity index (χ0v) is 33.7. The number of rotatable bonds is 7. The molecule has 11 aromatic rings. The van der Waals surface area contributed by atoms with E-state index in [2.05, 4.69) is 185 Å². The van der Waals surface area contributed by atoms with Gasteiger partial charge in [0.2, 0.25) is 5.95 Å². The van der Waals surface area contributed by atoms with Crippen molar-refractivity contribution in [3.63, 3.8) is 0 Å². The molecule has 1 aliphatic rings. The van der Waals surface area contributed by atoms with Crippen molar-refractivity contribution in [1.29, 1.82) is 0 Å². The van der Waals surface area contributed by atoms with Gasteiger partial charge in [-0.05, 0) is 66.4 Å². The van der Waals surface area contributed by atoms with Crippen molar-refractivity contribution >= 4 is 38.8 Å². The highest BCUT2D eigenvalue weighted by Gasteiger charge is 2.25. The molecular weight excluding hydrogens is 757 g/mol. The smallest absolute Gasteiger partial charge is 0.238 e. The summed E-state index contributed by atoms with van der Waals surface area (Å²) in [6, 6.07) is 67.9. The number of benzene rings is 7. The Morgan fingerprint density at radius 3 is 1.82 bits per heavy atom. The van der Waals surface area contributed by atoms with Crippen LogP contribution in [-0.2, 0) is 6.42 Å². The van der Waals surface area contributed by atoms with Crippen molar-refractivity contribution in [2.75, 3.05) is 0 Å². The third-order valence-corrected chi connectivity index (χ3v) is 12.1. The highest BCUT2D eigenvalue weighted by molar-refractivity contribution is 6.14. The van der Waals surface area contributed by atoms with Crippen LogP contribution in [0.25, 0.3) is 107 Å². The number of pyridine rings is 1. The summed E-state index contributed by atoms with van der Waals surface area (Å²) in [7, 11) is 0. The summed E-state index contributed by atoms with van der Waals surface area (Å²) in [6.07, 6.45) is 6.51. The second-order valence-corrected chi connectivity index (χ2v) is 15.8. The first-order valence-corrected chi connectivity index (χ1v) is 21.1. The quantitative estimate of drug-likeness (QED) is 0.161. The van der Waals surface area contributed by atoms with Crippen LogP contribution in [0.15, 0.2) is 200 Å². The fraction of sp³-hybridized carbons (Fsp3) is 0.0357. The van der Waals surface area contributed by atoms with Crippen molar-refractivity contribution in [3.8, 4) is 68.1 Å². The minimum Gasteiger partial charge on any atom is -0.312 e. The lowest BCUT2D eigenvalue weighted by Gasteiger charge is -2.17. The Kier molecular flexibility index (Phi) is 8.52. The molecule has 0 N–H and O–H groups in total. The lowest BCUT2D eigenvalue weighted by atomic mass is 10.0. The first-order valence-electron chi connectivity index (χ1n) is 21.1. The van der Waals surface area contributed by atoms with E-state index in [1.807, 2.05) is 30.3 Å².